The Hall–Kier alpha value is -4.15. The average molecular weight is 492 g/mol. The van der Waals surface area contributed by atoms with Crippen LogP contribution >= 0.6 is 11.8 Å². The number of nitrogens with one attached hydrogen (secondary N) is 3. The van der Waals surface area contributed by atoms with Gasteiger partial charge in [-0.25, -0.2) is 14.0 Å². The lowest BCUT2D eigenvalue weighted by Gasteiger charge is -2.10. The number of methoxy groups -OCH3 is 1. The molecule has 0 saturated carbocycles. The highest BCUT2D eigenvalue weighted by atomic mass is 32.2. The number of hydrogen-bond donors (Lipinski definition) is 4. The molecule has 4 rings (SSSR count). The van der Waals surface area contributed by atoms with Gasteiger partial charge >= 0.3 is 12.0 Å². The van der Waals surface area contributed by atoms with Crippen LogP contribution in [0.4, 0.5) is 20.6 Å². The highest BCUT2D eigenvalue weighted by Crippen LogP contribution is 2.30. The van der Waals surface area contributed by atoms with Gasteiger partial charge in [0.15, 0.2) is 0 Å². The van der Waals surface area contributed by atoms with Crippen molar-refractivity contribution < 1.29 is 18.7 Å². The minimum Gasteiger partial charge on any atom is -0.465 e. The molecule has 2 heterocycles. The molecule has 0 radical (unpaired) electrons. The minimum absolute atomic E-state index is 0.0619. The molecule has 35 heavy (non-hydrogen) atoms. The molecule has 0 aliphatic carbocycles. The number of aromatic nitrogens is 2. The fourth-order valence-corrected chi connectivity index (χ4v) is 4.07. The molecule has 0 saturated heterocycles. The number of anilines is 2. The molecular weight excluding hydrogens is 469 g/mol. The third-order valence-electron chi connectivity index (χ3n) is 4.97. The van der Waals surface area contributed by atoms with E-state index in [0.29, 0.717) is 28.2 Å². The highest BCUT2D eigenvalue weighted by Gasteiger charge is 2.11. The number of carbonyl (C=O) groups is 2. The summed E-state index contributed by atoms with van der Waals surface area (Å²) in [6.07, 6.45) is 3.27. The number of ether oxygens (including phenoxy) is 1. The summed E-state index contributed by atoms with van der Waals surface area (Å²) in [6, 6.07) is 16.5. The van der Waals surface area contributed by atoms with Crippen LogP contribution in [0.15, 0.2) is 82.8 Å². The van der Waals surface area contributed by atoms with Gasteiger partial charge in [-0.2, -0.15) is 0 Å². The van der Waals surface area contributed by atoms with Crippen LogP contribution in [0.2, 0.25) is 0 Å². The lowest BCUT2D eigenvalue weighted by atomic mass is 10.2. The molecule has 0 aliphatic heterocycles. The van der Waals surface area contributed by atoms with E-state index in [-0.39, 0.29) is 12.2 Å². The fraction of sp³-hybridized carbons (Fsp3) is 0.0800. The zero-order valence-corrected chi connectivity index (χ0v) is 19.5. The maximum absolute atomic E-state index is 13.9. The SMILES string of the molecule is COC(=O)c1c[nH]c(-c2cc(Sc3ccc(NC(=O)Nc4cc(CN)ccc4F)cc3)ccn2)c1. The summed E-state index contributed by atoms with van der Waals surface area (Å²) in [6.45, 7) is 0.244. The van der Waals surface area contributed by atoms with Gasteiger partial charge in [0, 0.05) is 34.4 Å². The summed E-state index contributed by atoms with van der Waals surface area (Å²) in [5.41, 5.74) is 8.71. The Morgan fingerprint density at radius 3 is 2.60 bits per heavy atom. The maximum atomic E-state index is 13.9. The Labute approximate surface area is 205 Å². The van der Waals surface area contributed by atoms with E-state index in [0.717, 1.165) is 9.79 Å². The van der Waals surface area contributed by atoms with Crippen LogP contribution in [-0.2, 0) is 11.3 Å². The Bertz CT molecular complexity index is 1360. The van der Waals surface area contributed by atoms with Crippen LogP contribution in [0.5, 0.6) is 0 Å². The van der Waals surface area contributed by atoms with Gasteiger partial charge in [-0.15, -0.1) is 0 Å². The second-order valence-electron chi connectivity index (χ2n) is 7.39. The van der Waals surface area contributed by atoms with Gasteiger partial charge in [-0.3, -0.25) is 4.98 Å². The number of amides is 2. The van der Waals surface area contributed by atoms with Crippen LogP contribution < -0.4 is 16.4 Å². The molecule has 0 aliphatic rings. The van der Waals surface area contributed by atoms with Crippen LogP contribution in [0.1, 0.15) is 15.9 Å². The Kier molecular flexibility index (Phi) is 7.44. The van der Waals surface area contributed by atoms with E-state index in [4.69, 9.17) is 10.5 Å². The van der Waals surface area contributed by atoms with Crippen molar-refractivity contribution in [2.75, 3.05) is 17.7 Å². The van der Waals surface area contributed by atoms with Gasteiger partial charge < -0.3 is 26.1 Å². The van der Waals surface area contributed by atoms with Crippen LogP contribution in [-0.4, -0.2) is 29.1 Å². The quantitative estimate of drug-likeness (QED) is 0.262. The van der Waals surface area contributed by atoms with Crippen molar-refractivity contribution in [3.8, 4) is 11.4 Å². The number of halogens is 1. The maximum Gasteiger partial charge on any atom is 0.339 e. The molecule has 5 N–H and O–H groups in total. The molecule has 178 valence electrons. The van der Waals surface area contributed by atoms with Gasteiger partial charge in [0.25, 0.3) is 0 Å². The molecule has 0 unspecified atom stereocenters. The molecule has 8 nitrogen and oxygen atoms in total. The number of hydrogen-bond acceptors (Lipinski definition) is 6. The van der Waals surface area contributed by atoms with Gasteiger partial charge in [0.05, 0.1) is 29.7 Å². The van der Waals surface area contributed by atoms with Crippen molar-refractivity contribution in [2.45, 2.75) is 16.3 Å². The Balaban J connectivity index is 1.39. The number of nitrogens with zero attached hydrogens (tertiary/aromatic N) is 1. The van der Waals surface area contributed by atoms with Crippen LogP contribution in [0, 0.1) is 5.82 Å². The van der Waals surface area contributed by atoms with Gasteiger partial charge in [-0.1, -0.05) is 17.8 Å². The van der Waals surface area contributed by atoms with Crippen molar-refractivity contribution in [1.82, 2.24) is 9.97 Å². The summed E-state index contributed by atoms with van der Waals surface area (Å²) in [5, 5.41) is 5.18. The molecule has 2 amide bonds. The number of aromatic amines is 1. The first kappa shape index (κ1) is 24.0. The van der Waals surface area contributed by atoms with E-state index in [2.05, 4.69) is 20.6 Å². The third-order valence-corrected chi connectivity index (χ3v) is 5.97. The number of pyridine rings is 1. The van der Waals surface area contributed by atoms with Crippen molar-refractivity contribution in [1.29, 1.82) is 0 Å². The van der Waals surface area contributed by atoms with E-state index >= 15 is 0 Å². The lowest BCUT2D eigenvalue weighted by molar-refractivity contribution is 0.0601. The van der Waals surface area contributed by atoms with Gasteiger partial charge in [0.2, 0.25) is 0 Å². The van der Waals surface area contributed by atoms with Crippen molar-refractivity contribution >= 4 is 35.1 Å². The molecule has 10 heteroatoms. The van der Waals surface area contributed by atoms with Gasteiger partial charge in [0.1, 0.15) is 5.82 Å². The number of benzene rings is 2. The van der Waals surface area contributed by atoms with Gasteiger partial charge in [-0.05, 0) is 60.2 Å². The van der Waals surface area contributed by atoms with Crippen molar-refractivity contribution in [2.24, 2.45) is 5.73 Å². The standard InChI is InChI=1S/C25H22FN5O3S/c1-34-24(32)16-11-22(29-14-16)23-12-19(8-9-28-23)35-18-5-3-17(4-6-18)30-25(33)31-21-10-15(13-27)2-7-20(21)26/h2-12,14,29H,13,27H2,1H3,(H2,30,31,33). The lowest BCUT2D eigenvalue weighted by Crippen LogP contribution is -2.20. The molecule has 0 spiro atoms. The van der Waals surface area contributed by atoms with Crippen LogP contribution in [0.3, 0.4) is 0 Å². The van der Waals surface area contributed by atoms with Crippen LogP contribution in [0.25, 0.3) is 11.4 Å². The summed E-state index contributed by atoms with van der Waals surface area (Å²) >= 11 is 1.52. The molecular formula is C25H22FN5O3S. The molecule has 0 bridgehead atoms. The summed E-state index contributed by atoms with van der Waals surface area (Å²) < 4.78 is 18.7. The van der Waals surface area contributed by atoms with E-state index in [1.54, 1.807) is 36.7 Å². The topological polar surface area (TPSA) is 122 Å². The van der Waals surface area contributed by atoms with Crippen molar-refractivity contribution in [3.63, 3.8) is 0 Å². The molecule has 0 fully saturated rings. The zero-order valence-electron chi connectivity index (χ0n) is 18.7. The highest BCUT2D eigenvalue weighted by molar-refractivity contribution is 7.99. The predicted octanol–water partition coefficient (Wildman–Crippen LogP) is 5.26. The summed E-state index contributed by atoms with van der Waals surface area (Å²) in [7, 11) is 1.33. The first-order valence-electron chi connectivity index (χ1n) is 10.5. The molecule has 4 aromatic rings. The third kappa shape index (κ3) is 6.05. The minimum atomic E-state index is -0.561. The number of rotatable bonds is 7. The molecule has 0 atom stereocenters. The fourth-order valence-electron chi connectivity index (χ4n) is 3.22. The number of esters is 1. The van der Waals surface area contributed by atoms with E-state index in [1.165, 1.54) is 31.0 Å². The zero-order chi connectivity index (χ0) is 24.8. The average Bonchev–Trinajstić information content (AvgIpc) is 3.37. The summed E-state index contributed by atoms with van der Waals surface area (Å²) in [4.78, 5) is 33.2. The number of H-pyrrole nitrogens is 1. The monoisotopic (exact) mass is 491 g/mol. The summed E-state index contributed by atoms with van der Waals surface area (Å²) in [5.74, 6) is -0.962. The Morgan fingerprint density at radius 1 is 1.06 bits per heavy atom. The van der Waals surface area contributed by atoms with E-state index in [9.17, 15) is 14.0 Å². The predicted molar refractivity (Wildman–Crippen MR) is 133 cm³/mol. The number of urea groups is 1. The second kappa shape index (κ2) is 10.9. The molecule has 2 aromatic heterocycles. The first-order chi connectivity index (χ1) is 16.9. The van der Waals surface area contributed by atoms with E-state index < -0.39 is 17.8 Å². The smallest absolute Gasteiger partial charge is 0.339 e. The first-order valence-corrected chi connectivity index (χ1v) is 11.3. The largest absolute Gasteiger partial charge is 0.465 e. The number of nitrogens with two attached hydrogens (primary N) is 1. The number of carbonyl (C=O) groups excluding carboxylic acids is 2. The molecule has 2 aromatic carbocycles. The Morgan fingerprint density at radius 2 is 1.86 bits per heavy atom. The normalized spacial score (nSPS) is 10.6. The van der Waals surface area contributed by atoms with E-state index in [1.807, 2.05) is 24.3 Å². The second-order valence-corrected chi connectivity index (χ2v) is 8.54. The van der Waals surface area contributed by atoms with Crippen molar-refractivity contribution in [3.05, 3.63) is 90.0 Å².